The molecule has 5 aliphatic rings. The van der Waals surface area contributed by atoms with Crippen LogP contribution in [0.1, 0.15) is 40.8 Å². The van der Waals surface area contributed by atoms with E-state index in [1.54, 1.807) is 12.1 Å². The fraction of sp³-hybridized carbons (Fsp3) is 0.429. The predicted octanol–water partition coefficient (Wildman–Crippen LogP) is 3.60. The van der Waals surface area contributed by atoms with Gasteiger partial charge in [0.15, 0.2) is 0 Å². The lowest BCUT2D eigenvalue weighted by molar-refractivity contribution is -0.136. The van der Waals surface area contributed by atoms with Crippen molar-refractivity contribution >= 4 is 46.4 Å². The molecule has 4 aromatic rings. The highest BCUT2D eigenvalue weighted by Gasteiger charge is 2.35. The molecule has 7 heterocycles. The highest BCUT2D eigenvalue weighted by molar-refractivity contribution is 5.98. The number of piperazine rings is 1. The Morgan fingerprint density at radius 2 is 1.81 bits per heavy atom. The van der Waals surface area contributed by atoms with Gasteiger partial charge in [0.1, 0.15) is 18.1 Å². The molecule has 14 nitrogen and oxygen atoms in total. The van der Waals surface area contributed by atoms with Gasteiger partial charge in [-0.25, -0.2) is 19.3 Å². The number of nitrogens with zero attached hydrogens (tertiary/aromatic N) is 7. The average molecular weight is 775 g/mol. The molecule has 1 unspecified atom stereocenters. The summed E-state index contributed by atoms with van der Waals surface area (Å²) in [6.45, 7) is 9.49. The van der Waals surface area contributed by atoms with Gasteiger partial charge in [-0.1, -0.05) is 18.2 Å². The van der Waals surface area contributed by atoms with Gasteiger partial charge in [0, 0.05) is 93.9 Å². The number of rotatable bonds is 9. The zero-order chi connectivity index (χ0) is 39.0. The minimum Gasteiger partial charge on any atom is -0.474 e. The van der Waals surface area contributed by atoms with Crippen molar-refractivity contribution in [2.24, 2.45) is 5.92 Å². The van der Waals surface area contributed by atoms with Crippen molar-refractivity contribution in [3.05, 3.63) is 88.6 Å². The van der Waals surface area contributed by atoms with E-state index >= 15 is 4.39 Å². The van der Waals surface area contributed by atoms with Crippen LogP contribution in [0, 0.1) is 18.7 Å². The largest absolute Gasteiger partial charge is 0.474 e. The zero-order valence-electron chi connectivity index (χ0n) is 32.1. The molecule has 0 aliphatic carbocycles. The summed E-state index contributed by atoms with van der Waals surface area (Å²) < 4.78 is 21.1. The predicted molar refractivity (Wildman–Crippen MR) is 213 cm³/mol. The smallest absolute Gasteiger partial charge is 0.237 e. The van der Waals surface area contributed by atoms with E-state index in [1.807, 2.05) is 17.3 Å². The minimum atomic E-state index is -0.442. The topological polar surface area (TPSA) is 148 Å². The zero-order valence-corrected chi connectivity index (χ0v) is 32.1. The van der Waals surface area contributed by atoms with Crippen LogP contribution in [-0.2, 0) is 40.2 Å². The van der Waals surface area contributed by atoms with Gasteiger partial charge in [-0.05, 0) is 67.1 Å². The van der Waals surface area contributed by atoms with Crippen LogP contribution in [0.2, 0.25) is 0 Å². The fourth-order valence-corrected chi connectivity index (χ4v) is 8.57. The molecule has 296 valence electrons. The molecule has 0 bridgehead atoms. The summed E-state index contributed by atoms with van der Waals surface area (Å²) in [6.07, 6.45) is 6.14. The normalized spacial score (nSPS) is 19.8. The monoisotopic (exact) mass is 774 g/mol. The summed E-state index contributed by atoms with van der Waals surface area (Å²) in [7, 11) is 0. The average Bonchev–Trinajstić information content (AvgIpc) is 3.20. The summed E-state index contributed by atoms with van der Waals surface area (Å²) in [5.41, 5.74) is 8.20. The molecule has 5 aliphatic heterocycles. The van der Waals surface area contributed by atoms with Crippen LogP contribution < -0.4 is 30.5 Å². The maximum absolute atomic E-state index is 15.4. The first kappa shape index (κ1) is 36.8. The Kier molecular flexibility index (Phi) is 10.1. The summed E-state index contributed by atoms with van der Waals surface area (Å²) in [6, 6.07) is 13.6. The molecule has 0 radical (unpaired) electrons. The van der Waals surface area contributed by atoms with Crippen LogP contribution in [0.4, 0.5) is 33.1 Å². The number of piperidine rings is 1. The number of amides is 3. The van der Waals surface area contributed by atoms with Gasteiger partial charge in [0.2, 0.25) is 29.5 Å². The van der Waals surface area contributed by atoms with Gasteiger partial charge >= 0.3 is 0 Å². The van der Waals surface area contributed by atoms with E-state index < -0.39 is 5.82 Å². The van der Waals surface area contributed by atoms with Gasteiger partial charge in [-0.15, -0.1) is 0 Å². The number of ether oxygens (including phenoxy) is 1. The van der Waals surface area contributed by atoms with Crippen molar-refractivity contribution < 1.29 is 23.5 Å². The van der Waals surface area contributed by atoms with Crippen molar-refractivity contribution in [3.8, 4) is 5.88 Å². The molecule has 1 atom stereocenters. The van der Waals surface area contributed by atoms with Crippen LogP contribution >= 0.6 is 0 Å². The van der Waals surface area contributed by atoms with Crippen LogP contribution in [0.3, 0.4) is 0 Å². The minimum absolute atomic E-state index is 0.00660. The Hall–Kier alpha value is -5.83. The maximum atomic E-state index is 15.4. The van der Waals surface area contributed by atoms with Crippen LogP contribution in [0.25, 0.3) is 0 Å². The third kappa shape index (κ3) is 7.80. The fourth-order valence-electron chi connectivity index (χ4n) is 8.57. The molecule has 3 saturated heterocycles. The first-order chi connectivity index (χ1) is 27.7. The molecular weight excluding hydrogens is 728 g/mol. The van der Waals surface area contributed by atoms with Crippen molar-refractivity contribution in [1.29, 1.82) is 0 Å². The van der Waals surface area contributed by atoms with E-state index in [0.29, 0.717) is 74.6 Å². The number of hydrogen-bond acceptors (Lipinski definition) is 12. The van der Waals surface area contributed by atoms with E-state index in [0.717, 1.165) is 85.1 Å². The van der Waals surface area contributed by atoms with E-state index in [9.17, 15) is 14.4 Å². The van der Waals surface area contributed by atoms with E-state index in [2.05, 4.69) is 71.8 Å². The van der Waals surface area contributed by atoms with Gasteiger partial charge < -0.3 is 30.1 Å². The maximum Gasteiger partial charge on any atom is 0.237 e. The standard InChI is InChI=1S/C42H47FN10O4/c1-26-36(22-45-41-39(26)44-11-17-57-41)52-12-10-30-21-46-42(48-35(30)25-52)47-31-6-4-28(34(43)20-31)19-38(55)51-15-13-50(14-16-51)33-23-53(24-33)32-7-2-27(3-8-32)18-29-5-9-37(54)49-40(29)56/h2-4,6-8,20-22,29,33,44H,5,9-19,23-25H2,1H3,(H,46,47,48)(H,49,54,56). The summed E-state index contributed by atoms with van der Waals surface area (Å²) in [4.78, 5) is 59.6. The molecular formula is C42H47FN10O4. The number of halogens is 1. The van der Waals surface area contributed by atoms with Gasteiger partial charge in [-0.2, -0.15) is 0 Å². The number of carbonyl (C=O) groups excluding carboxylic acids is 3. The molecule has 9 rings (SSSR count). The number of imide groups is 1. The molecule has 3 N–H and O–H groups in total. The lowest BCUT2D eigenvalue weighted by atomic mass is 9.91. The molecule has 3 amide bonds. The quantitative estimate of drug-likeness (QED) is 0.214. The molecule has 0 saturated carbocycles. The number of carbonyl (C=O) groups is 3. The van der Waals surface area contributed by atoms with Crippen LogP contribution in [-0.4, -0.2) is 107 Å². The van der Waals surface area contributed by atoms with Crippen LogP contribution in [0.5, 0.6) is 5.88 Å². The molecule has 3 fully saturated rings. The number of pyridine rings is 1. The summed E-state index contributed by atoms with van der Waals surface area (Å²) in [5, 5.41) is 9.01. The third-order valence-electron chi connectivity index (χ3n) is 12.0. The lowest BCUT2D eigenvalue weighted by Crippen LogP contribution is -2.63. The second kappa shape index (κ2) is 15.6. The van der Waals surface area contributed by atoms with Gasteiger partial charge in [-0.3, -0.25) is 24.6 Å². The number of fused-ring (bicyclic) bond motifs is 2. The molecule has 2 aromatic carbocycles. The second-order valence-electron chi connectivity index (χ2n) is 15.7. The van der Waals surface area contributed by atoms with Crippen molar-refractivity contribution in [1.82, 2.24) is 30.1 Å². The van der Waals surface area contributed by atoms with E-state index in [4.69, 9.17) is 9.72 Å². The Labute approximate surface area is 330 Å². The summed E-state index contributed by atoms with van der Waals surface area (Å²) in [5.74, 6) is -0.00411. The van der Waals surface area contributed by atoms with Gasteiger partial charge in [0.05, 0.1) is 30.5 Å². The van der Waals surface area contributed by atoms with E-state index in [-0.39, 0.29) is 30.1 Å². The van der Waals surface area contributed by atoms with Gasteiger partial charge in [0.25, 0.3) is 0 Å². The lowest BCUT2D eigenvalue weighted by Gasteiger charge is -2.49. The molecule has 0 spiro atoms. The number of nitrogens with one attached hydrogen (secondary N) is 3. The summed E-state index contributed by atoms with van der Waals surface area (Å²) >= 11 is 0. The number of anilines is 5. The Balaban J connectivity index is 0.736. The van der Waals surface area contributed by atoms with Crippen LogP contribution in [0.15, 0.2) is 54.9 Å². The molecule has 2 aromatic heterocycles. The third-order valence-corrected chi connectivity index (χ3v) is 12.0. The number of benzene rings is 2. The molecule has 15 heteroatoms. The first-order valence-electron chi connectivity index (χ1n) is 19.9. The van der Waals surface area contributed by atoms with Crippen molar-refractivity contribution in [3.63, 3.8) is 0 Å². The Bertz CT molecular complexity index is 2190. The SMILES string of the molecule is Cc1c(N2CCc3cnc(Nc4ccc(CC(=O)N5CCN(C6CN(c7ccc(CC8CCC(=O)NC8=O)cc7)C6)CC5)c(F)c4)nc3C2)cnc2c1NCCO2. The first-order valence-corrected chi connectivity index (χ1v) is 19.9. The highest BCUT2D eigenvalue weighted by atomic mass is 19.1. The second-order valence-corrected chi connectivity index (χ2v) is 15.7. The highest BCUT2D eigenvalue weighted by Crippen LogP contribution is 2.36. The number of hydrogen-bond donors (Lipinski definition) is 3. The Morgan fingerprint density at radius 3 is 2.60 bits per heavy atom. The number of aromatic nitrogens is 3. The van der Waals surface area contributed by atoms with Crippen molar-refractivity contribution in [2.45, 2.75) is 51.6 Å². The molecule has 57 heavy (non-hydrogen) atoms. The van der Waals surface area contributed by atoms with Crippen molar-refractivity contribution in [2.75, 3.05) is 79.4 Å². The van der Waals surface area contributed by atoms with E-state index in [1.165, 1.54) is 6.07 Å². The Morgan fingerprint density at radius 1 is 0.982 bits per heavy atom.